The van der Waals surface area contributed by atoms with Gasteiger partial charge < -0.3 is 20.7 Å². The molecule has 1 fully saturated rings. The summed E-state index contributed by atoms with van der Waals surface area (Å²) in [5.41, 5.74) is 7.09. The van der Waals surface area contributed by atoms with Crippen molar-refractivity contribution in [3.63, 3.8) is 0 Å². The molecule has 0 atom stereocenters. The highest BCUT2D eigenvalue weighted by molar-refractivity contribution is 5.95. The molecule has 0 saturated carbocycles. The second-order valence-corrected chi connectivity index (χ2v) is 4.17. The smallest absolute Gasteiger partial charge is 0.188 e. The van der Waals surface area contributed by atoms with E-state index in [0.29, 0.717) is 5.69 Å². The Bertz CT molecular complexity index is 412. The molecule has 0 aromatic carbocycles. The first-order valence-corrected chi connectivity index (χ1v) is 5.58. The number of aromatic nitrogens is 1. The zero-order valence-corrected chi connectivity index (χ0v) is 9.87. The van der Waals surface area contributed by atoms with E-state index in [4.69, 9.17) is 10.9 Å². The third-order valence-electron chi connectivity index (χ3n) is 2.98. The fraction of sp³-hybridized carbons (Fsp3) is 0.455. The Balaban J connectivity index is 2.16. The summed E-state index contributed by atoms with van der Waals surface area (Å²) < 4.78 is 0. The van der Waals surface area contributed by atoms with E-state index < -0.39 is 0 Å². The van der Waals surface area contributed by atoms with Gasteiger partial charge in [0.25, 0.3) is 0 Å². The predicted molar refractivity (Wildman–Crippen MR) is 66.5 cm³/mol. The van der Waals surface area contributed by atoms with Gasteiger partial charge in [-0.05, 0) is 19.2 Å². The molecule has 1 aromatic rings. The summed E-state index contributed by atoms with van der Waals surface area (Å²) in [6, 6.07) is 3.79. The average Bonchev–Trinajstić information content (AvgIpc) is 2.39. The maximum atomic E-state index is 8.63. The van der Waals surface area contributed by atoms with E-state index in [-0.39, 0.29) is 5.84 Å². The van der Waals surface area contributed by atoms with Crippen LogP contribution in [0.15, 0.2) is 23.5 Å². The lowest BCUT2D eigenvalue weighted by Gasteiger charge is -2.34. The lowest BCUT2D eigenvalue weighted by molar-refractivity contribution is 0.313. The molecule has 0 spiro atoms. The Morgan fingerprint density at radius 3 is 2.76 bits per heavy atom. The zero-order valence-electron chi connectivity index (χ0n) is 9.87. The van der Waals surface area contributed by atoms with E-state index in [1.165, 1.54) is 0 Å². The van der Waals surface area contributed by atoms with Crippen LogP contribution < -0.4 is 10.6 Å². The Morgan fingerprint density at radius 2 is 2.12 bits per heavy atom. The molecule has 0 unspecified atom stereocenters. The van der Waals surface area contributed by atoms with Crippen molar-refractivity contribution in [2.45, 2.75) is 0 Å². The largest absolute Gasteiger partial charge is 0.409 e. The molecular weight excluding hydrogens is 218 g/mol. The number of hydrogen-bond acceptors (Lipinski definition) is 5. The van der Waals surface area contributed by atoms with Crippen molar-refractivity contribution >= 4 is 11.5 Å². The van der Waals surface area contributed by atoms with Gasteiger partial charge in [-0.3, -0.25) is 4.98 Å². The molecule has 0 bridgehead atoms. The molecule has 3 N–H and O–H groups in total. The van der Waals surface area contributed by atoms with Crippen LogP contribution in [0.4, 0.5) is 5.69 Å². The van der Waals surface area contributed by atoms with Gasteiger partial charge in [-0.15, -0.1) is 0 Å². The number of nitrogens with zero attached hydrogens (tertiary/aromatic N) is 4. The fourth-order valence-corrected chi connectivity index (χ4v) is 1.87. The standard InChI is InChI=1S/C11H17N5O/c1-15-4-6-16(7-5-15)9-2-3-13-10(8-9)11(12)14-17/h2-3,8,17H,4-7H2,1H3,(H2,12,14). The molecule has 6 heteroatoms. The summed E-state index contributed by atoms with van der Waals surface area (Å²) in [5, 5.41) is 11.6. The maximum Gasteiger partial charge on any atom is 0.188 e. The van der Waals surface area contributed by atoms with Gasteiger partial charge >= 0.3 is 0 Å². The zero-order chi connectivity index (χ0) is 12.3. The van der Waals surface area contributed by atoms with Crippen molar-refractivity contribution in [1.82, 2.24) is 9.88 Å². The molecule has 0 radical (unpaired) electrons. The number of piperazine rings is 1. The number of rotatable bonds is 2. The number of hydrogen-bond donors (Lipinski definition) is 2. The Morgan fingerprint density at radius 1 is 1.41 bits per heavy atom. The number of anilines is 1. The number of likely N-dealkylation sites (N-methyl/N-ethyl adjacent to an activating group) is 1. The number of nitrogens with two attached hydrogens (primary N) is 1. The molecule has 0 amide bonds. The maximum absolute atomic E-state index is 8.63. The normalized spacial score (nSPS) is 18.4. The fourth-order valence-electron chi connectivity index (χ4n) is 1.87. The van der Waals surface area contributed by atoms with E-state index in [0.717, 1.165) is 31.9 Å². The minimum atomic E-state index is 0.0426. The third kappa shape index (κ3) is 2.65. The van der Waals surface area contributed by atoms with Gasteiger partial charge in [-0.1, -0.05) is 5.16 Å². The van der Waals surface area contributed by atoms with E-state index in [1.807, 2.05) is 12.1 Å². The third-order valence-corrected chi connectivity index (χ3v) is 2.98. The molecular formula is C11H17N5O. The van der Waals surface area contributed by atoms with Gasteiger partial charge in [0.05, 0.1) is 0 Å². The average molecular weight is 235 g/mol. The molecule has 0 aliphatic carbocycles. The highest BCUT2D eigenvalue weighted by Crippen LogP contribution is 2.16. The van der Waals surface area contributed by atoms with Crippen LogP contribution in [0.2, 0.25) is 0 Å². The summed E-state index contributed by atoms with van der Waals surface area (Å²) in [6.07, 6.45) is 1.68. The summed E-state index contributed by atoms with van der Waals surface area (Å²) in [4.78, 5) is 8.63. The van der Waals surface area contributed by atoms with Crippen molar-refractivity contribution < 1.29 is 5.21 Å². The number of amidine groups is 1. The second kappa shape index (κ2) is 5.01. The van der Waals surface area contributed by atoms with Crippen LogP contribution in [0.5, 0.6) is 0 Å². The van der Waals surface area contributed by atoms with E-state index in [2.05, 4.69) is 27.0 Å². The van der Waals surface area contributed by atoms with Gasteiger partial charge in [0.2, 0.25) is 0 Å². The molecule has 1 aliphatic rings. The first kappa shape index (κ1) is 11.7. The summed E-state index contributed by atoms with van der Waals surface area (Å²) in [6.45, 7) is 4.05. The Labute approximate surface area is 100 Å². The highest BCUT2D eigenvalue weighted by Gasteiger charge is 2.15. The summed E-state index contributed by atoms with van der Waals surface area (Å²) in [7, 11) is 2.12. The van der Waals surface area contributed by atoms with Gasteiger partial charge in [0.1, 0.15) is 5.69 Å². The van der Waals surface area contributed by atoms with Gasteiger partial charge in [0.15, 0.2) is 5.84 Å². The van der Waals surface area contributed by atoms with Crippen molar-refractivity contribution in [2.75, 3.05) is 38.1 Å². The second-order valence-electron chi connectivity index (χ2n) is 4.17. The molecule has 1 saturated heterocycles. The van der Waals surface area contributed by atoms with Crippen LogP contribution in [-0.2, 0) is 0 Å². The first-order valence-electron chi connectivity index (χ1n) is 5.58. The Hall–Kier alpha value is -1.82. The summed E-state index contributed by atoms with van der Waals surface area (Å²) in [5.74, 6) is 0.0426. The number of oxime groups is 1. The van der Waals surface area contributed by atoms with Crippen molar-refractivity contribution in [2.24, 2.45) is 10.9 Å². The summed E-state index contributed by atoms with van der Waals surface area (Å²) >= 11 is 0. The molecule has 92 valence electrons. The van der Waals surface area contributed by atoms with Crippen molar-refractivity contribution in [3.8, 4) is 0 Å². The van der Waals surface area contributed by atoms with Crippen LogP contribution in [-0.4, -0.2) is 54.2 Å². The van der Waals surface area contributed by atoms with Crippen LogP contribution in [0, 0.1) is 0 Å². The number of pyridine rings is 1. The molecule has 2 heterocycles. The minimum absolute atomic E-state index is 0.0426. The highest BCUT2D eigenvalue weighted by atomic mass is 16.4. The molecule has 17 heavy (non-hydrogen) atoms. The quantitative estimate of drug-likeness (QED) is 0.325. The lowest BCUT2D eigenvalue weighted by atomic mass is 10.2. The lowest BCUT2D eigenvalue weighted by Crippen LogP contribution is -2.44. The molecule has 1 aromatic heterocycles. The van der Waals surface area contributed by atoms with E-state index in [1.54, 1.807) is 6.20 Å². The monoisotopic (exact) mass is 235 g/mol. The first-order chi connectivity index (χ1) is 8.20. The van der Waals surface area contributed by atoms with Crippen LogP contribution in [0.3, 0.4) is 0 Å². The van der Waals surface area contributed by atoms with E-state index >= 15 is 0 Å². The van der Waals surface area contributed by atoms with E-state index in [9.17, 15) is 0 Å². The van der Waals surface area contributed by atoms with Gasteiger partial charge in [0, 0.05) is 38.1 Å². The predicted octanol–water partition coefficient (Wildman–Crippen LogP) is -0.0721. The van der Waals surface area contributed by atoms with Crippen LogP contribution in [0.1, 0.15) is 5.69 Å². The molecule has 2 rings (SSSR count). The minimum Gasteiger partial charge on any atom is -0.409 e. The van der Waals surface area contributed by atoms with Gasteiger partial charge in [-0.2, -0.15) is 0 Å². The van der Waals surface area contributed by atoms with Gasteiger partial charge in [-0.25, -0.2) is 0 Å². The van der Waals surface area contributed by atoms with Crippen molar-refractivity contribution in [3.05, 3.63) is 24.0 Å². The van der Waals surface area contributed by atoms with Crippen LogP contribution in [0.25, 0.3) is 0 Å². The van der Waals surface area contributed by atoms with Crippen molar-refractivity contribution in [1.29, 1.82) is 0 Å². The van der Waals surface area contributed by atoms with Crippen LogP contribution >= 0.6 is 0 Å². The Kier molecular flexibility index (Phi) is 3.43. The topological polar surface area (TPSA) is 78.0 Å². The SMILES string of the molecule is CN1CCN(c2ccnc(/C(N)=N/O)c2)CC1. The molecule has 1 aliphatic heterocycles. The molecule has 6 nitrogen and oxygen atoms in total.